The molecule has 0 unspecified atom stereocenters. The van der Waals surface area contributed by atoms with Crippen molar-refractivity contribution in [2.24, 2.45) is 0 Å². The zero-order valence-corrected chi connectivity index (χ0v) is 11.0. The Labute approximate surface area is 108 Å². The van der Waals surface area contributed by atoms with Crippen molar-refractivity contribution in [1.29, 1.82) is 0 Å². The number of ether oxygens (including phenoxy) is 1. The second-order valence-electron chi connectivity index (χ2n) is 4.80. The van der Waals surface area contributed by atoms with Gasteiger partial charge in [0.05, 0.1) is 6.10 Å². The predicted octanol–water partition coefficient (Wildman–Crippen LogP) is 1.83. The van der Waals surface area contributed by atoms with Gasteiger partial charge in [0.2, 0.25) is 0 Å². The van der Waals surface area contributed by atoms with Crippen LogP contribution in [-0.4, -0.2) is 37.1 Å². The lowest BCUT2D eigenvalue weighted by Gasteiger charge is -2.31. The van der Waals surface area contributed by atoms with E-state index in [1.54, 1.807) is 13.2 Å². The highest BCUT2D eigenvalue weighted by atomic mass is 16.5. The standard InChI is InChI=1S/C14H20N2O2/c1-10-3-4-11(15)9-13(10)14(17)16-7-5-12(18-2)6-8-16/h3-4,9,12H,5-8,15H2,1-2H3. The first-order chi connectivity index (χ1) is 8.61. The summed E-state index contributed by atoms with van der Waals surface area (Å²) < 4.78 is 5.31. The molecule has 98 valence electrons. The highest BCUT2D eigenvalue weighted by molar-refractivity contribution is 5.96. The molecule has 1 aromatic carbocycles. The minimum absolute atomic E-state index is 0.0781. The van der Waals surface area contributed by atoms with Gasteiger partial charge < -0.3 is 15.4 Å². The third kappa shape index (κ3) is 2.64. The van der Waals surface area contributed by atoms with Crippen LogP contribution in [0.5, 0.6) is 0 Å². The van der Waals surface area contributed by atoms with Crippen LogP contribution in [0.4, 0.5) is 5.69 Å². The molecule has 1 aliphatic rings. The van der Waals surface area contributed by atoms with E-state index in [1.165, 1.54) is 0 Å². The fourth-order valence-corrected chi connectivity index (χ4v) is 2.33. The van der Waals surface area contributed by atoms with Crippen molar-refractivity contribution in [1.82, 2.24) is 4.90 Å². The molecule has 4 nitrogen and oxygen atoms in total. The Morgan fingerprint density at radius 1 is 1.39 bits per heavy atom. The molecule has 2 N–H and O–H groups in total. The van der Waals surface area contributed by atoms with Gasteiger partial charge in [-0.05, 0) is 37.5 Å². The lowest BCUT2D eigenvalue weighted by Crippen LogP contribution is -2.40. The number of methoxy groups -OCH3 is 1. The van der Waals surface area contributed by atoms with Gasteiger partial charge in [-0.2, -0.15) is 0 Å². The van der Waals surface area contributed by atoms with E-state index in [9.17, 15) is 4.79 Å². The Bertz CT molecular complexity index is 437. The van der Waals surface area contributed by atoms with Gasteiger partial charge in [0, 0.05) is 31.5 Å². The molecule has 1 heterocycles. The molecule has 0 atom stereocenters. The van der Waals surface area contributed by atoms with Crippen LogP contribution in [0.15, 0.2) is 18.2 Å². The first-order valence-electron chi connectivity index (χ1n) is 6.30. The largest absolute Gasteiger partial charge is 0.399 e. The third-order valence-corrected chi connectivity index (χ3v) is 3.55. The number of nitrogens with zero attached hydrogens (tertiary/aromatic N) is 1. The Hall–Kier alpha value is -1.55. The van der Waals surface area contributed by atoms with E-state index in [0.29, 0.717) is 11.3 Å². The van der Waals surface area contributed by atoms with Crippen molar-refractivity contribution in [3.8, 4) is 0 Å². The van der Waals surface area contributed by atoms with E-state index in [1.807, 2.05) is 24.0 Å². The number of benzene rings is 1. The molecule has 1 saturated heterocycles. The summed E-state index contributed by atoms with van der Waals surface area (Å²) in [5, 5.41) is 0. The highest BCUT2D eigenvalue weighted by Gasteiger charge is 2.24. The van der Waals surface area contributed by atoms with Crippen LogP contribution in [0.3, 0.4) is 0 Å². The van der Waals surface area contributed by atoms with Crippen LogP contribution in [0, 0.1) is 6.92 Å². The minimum Gasteiger partial charge on any atom is -0.399 e. The van der Waals surface area contributed by atoms with Crippen molar-refractivity contribution < 1.29 is 9.53 Å². The fraction of sp³-hybridized carbons (Fsp3) is 0.500. The molecule has 0 aliphatic carbocycles. The van der Waals surface area contributed by atoms with Crippen molar-refractivity contribution in [2.45, 2.75) is 25.9 Å². The summed E-state index contributed by atoms with van der Waals surface area (Å²) in [4.78, 5) is 14.3. The van der Waals surface area contributed by atoms with Crippen molar-refractivity contribution >= 4 is 11.6 Å². The fourth-order valence-electron chi connectivity index (χ4n) is 2.33. The number of anilines is 1. The van der Waals surface area contributed by atoms with Crippen LogP contribution in [-0.2, 0) is 4.74 Å². The molecule has 0 radical (unpaired) electrons. The van der Waals surface area contributed by atoms with E-state index in [-0.39, 0.29) is 12.0 Å². The zero-order valence-electron chi connectivity index (χ0n) is 11.0. The molecule has 1 amide bonds. The molecule has 0 bridgehead atoms. The van der Waals surface area contributed by atoms with Crippen molar-refractivity contribution in [3.63, 3.8) is 0 Å². The number of amides is 1. The summed E-state index contributed by atoms with van der Waals surface area (Å²) in [6.45, 7) is 3.45. The minimum atomic E-state index is 0.0781. The van der Waals surface area contributed by atoms with E-state index >= 15 is 0 Å². The summed E-state index contributed by atoms with van der Waals surface area (Å²) in [5.41, 5.74) is 8.07. The van der Waals surface area contributed by atoms with Crippen molar-refractivity contribution in [2.75, 3.05) is 25.9 Å². The van der Waals surface area contributed by atoms with E-state index < -0.39 is 0 Å². The number of carbonyl (C=O) groups is 1. The van der Waals surface area contributed by atoms with Gasteiger partial charge in [0.1, 0.15) is 0 Å². The number of rotatable bonds is 2. The Kier molecular flexibility index (Phi) is 3.87. The molecule has 0 spiro atoms. The zero-order chi connectivity index (χ0) is 13.1. The molecular formula is C14H20N2O2. The van der Waals surface area contributed by atoms with Gasteiger partial charge in [-0.3, -0.25) is 4.79 Å². The monoisotopic (exact) mass is 248 g/mol. The molecule has 0 aromatic heterocycles. The first kappa shape index (κ1) is 12.9. The summed E-state index contributed by atoms with van der Waals surface area (Å²) in [5.74, 6) is 0.0781. The molecular weight excluding hydrogens is 228 g/mol. The molecule has 1 fully saturated rings. The van der Waals surface area contributed by atoms with Gasteiger partial charge in [0.15, 0.2) is 0 Å². The van der Waals surface area contributed by atoms with Gasteiger partial charge in [-0.25, -0.2) is 0 Å². The van der Waals surface area contributed by atoms with Gasteiger partial charge in [-0.15, -0.1) is 0 Å². The second kappa shape index (κ2) is 5.40. The SMILES string of the molecule is COC1CCN(C(=O)c2cc(N)ccc2C)CC1. The maximum atomic E-state index is 12.4. The number of nitrogens with two attached hydrogens (primary N) is 1. The average Bonchev–Trinajstić information content (AvgIpc) is 2.41. The smallest absolute Gasteiger partial charge is 0.254 e. The van der Waals surface area contributed by atoms with E-state index in [0.717, 1.165) is 31.5 Å². The summed E-state index contributed by atoms with van der Waals surface area (Å²) >= 11 is 0. The number of nitrogen functional groups attached to an aromatic ring is 1. The van der Waals surface area contributed by atoms with Crippen LogP contribution < -0.4 is 5.73 Å². The topological polar surface area (TPSA) is 55.6 Å². The number of hydrogen-bond acceptors (Lipinski definition) is 3. The molecule has 0 saturated carbocycles. The maximum Gasteiger partial charge on any atom is 0.254 e. The quantitative estimate of drug-likeness (QED) is 0.812. The number of likely N-dealkylation sites (tertiary alicyclic amines) is 1. The molecule has 4 heteroatoms. The summed E-state index contributed by atoms with van der Waals surface area (Å²) in [7, 11) is 1.73. The van der Waals surface area contributed by atoms with E-state index in [2.05, 4.69) is 0 Å². The van der Waals surface area contributed by atoms with Crippen LogP contribution in [0.2, 0.25) is 0 Å². The number of aryl methyl sites for hydroxylation is 1. The maximum absolute atomic E-state index is 12.4. The van der Waals surface area contributed by atoms with Gasteiger partial charge in [-0.1, -0.05) is 6.07 Å². The lowest BCUT2D eigenvalue weighted by molar-refractivity contribution is 0.0350. The Morgan fingerprint density at radius 3 is 2.67 bits per heavy atom. The average molecular weight is 248 g/mol. The van der Waals surface area contributed by atoms with Crippen LogP contribution >= 0.6 is 0 Å². The van der Waals surface area contributed by atoms with Gasteiger partial charge in [0.25, 0.3) is 5.91 Å². The van der Waals surface area contributed by atoms with Crippen LogP contribution in [0.1, 0.15) is 28.8 Å². The Morgan fingerprint density at radius 2 is 2.06 bits per heavy atom. The highest BCUT2D eigenvalue weighted by Crippen LogP contribution is 2.19. The van der Waals surface area contributed by atoms with E-state index in [4.69, 9.17) is 10.5 Å². The first-order valence-corrected chi connectivity index (χ1v) is 6.30. The molecule has 1 aromatic rings. The molecule has 2 rings (SSSR count). The third-order valence-electron chi connectivity index (χ3n) is 3.55. The van der Waals surface area contributed by atoms with Crippen molar-refractivity contribution in [3.05, 3.63) is 29.3 Å². The van der Waals surface area contributed by atoms with Gasteiger partial charge >= 0.3 is 0 Å². The van der Waals surface area contributed by atoms with Crippen LogP contribution in [0.25, 0.3) is 0 Å². The summed E-state index contributed by atoms with van der Waals surface area (Å²) in [6, 6.07) is 5.48. The Balaban J connectivity index is 2.10. The summed E-state index contributed by atoms with van der Waals surface area (Å²) in [6.07, 6.45) is 2.10. The molecule has 18 heavy (non-hydrogen) atoms. The predicted molar refractivity (Wildman–Crippen MR) is 71.5 cm³/mol. The molecule has 1 aliphatic heterocycles. The normalized spacial score (nSPS) is 16.9. The lowest BCUT2D eigenvalue weighted by atomic mass is 10.0. The number of piperidine rings is 1. The second-order valence-corrected chi connectivity index (χ2v) is 4.80. The number of carbonyl (C=O) groups excluding carboxylic acids is 1. The number of hydrogen-bond donors (Lipinski definition) is 1.